The topological polar surface area (TPSA) is 58.1 Å². The number of carbonyl (C=O) groups excluding carboxylic acids is 1. The van der Waals surface area contributed by atoms with E-state index in [0.717, 1.165) is 25.9 Å². The smallest absolute Gasteiger partial charge is 0.274 e. The summed E-state index contributed by atoms with van der Waals surface area (Å²) in [5.41, 5.74) is 2.85. The van der Waals surface area contributed by atoms with Gasteiger partial charge in [-0.2, -0.15) is 0 Å². The van der Waals surface area contributed by atoms with Crippen molar-refractivity contribution >= 4 is 11.7 Å². The van der Waals surface area contributed by atoms with Gasteiger partial charge in [0, 0.05) is 19.6 Å². The van der Waals surface area contributed by atoms with E-state index in [4.69, 9.17) is 0 Å². The number of nitrogens with one attached hydrogen (secondary N) is 1. The number of aryl methyl sites for hydroxylation is 1. The Hall–Kier alpha value is -2.43. The van der Waals surface area contributed by atoms with Crippen molar-refractivity contribution in [1.29, 1.82) is 0 Å². The van der Waals surface area contributed by atoms with Gasteiger partial charge >= 0.3 is 0 Å². The second-order valence-corrected chi connectivity index (χ2v) is 5.98. The lowest BCUT2D eigenvalue weighted by Gasteiger charge is -2.26. The Bertz CT molecular complexity index is 646. The van der Waals surface area contributed by atoms with E-state index < -0.39 is 0 Å². The van der Waals surface area contributed by atoms with E-state index in [1.165, 1.54) is 17.5 Å². The minimum absolute atomic E-state index is 0.0118. The van der Waals surface area contributed by atoms with Gasteiger partial charge in [0.15, 0.2) is 0 Å². The van der Waals surface area contributed by atoms with Crippen LogP contribution in [0.4, 0.5) is 5.82 Å². The summed E-state index contributed by atoms with van der Waals surface area (Å²) in [6.45, 7) is 4.41. The van der Waals surface area contributed by atoms with Gasteiger partial charge in [0.25, 0.3) is 5.91 Å². The number of hydrogen-bond donors (Lipinski definition) is 1. The molecular weight excluding hydrogens is 288 g/mol. The van der Waals surface area contributed by atoms with Crippen LogP contribution in [0.3, 0.4) is 0 Å². The van der Waals surface area contributed by atoms with Gasteiger partial charge in [-0.3, -0.25) is 4.79 Å². The maximum absolute atomic E-state index is 12.3. The summed E-state index contributed by atoms with van der Waals surface area (Å²) in [5.74, 6) is 0.669. The number of hydrogen-bond acceptors (Lipinski definition) is 4. The number of carbonyl (C=O) groups is 1. The van der Waals surface area contributed by atoms with Crippen LogP contribution < -0.4 is 5.32 Å². The van der Waals surface area contributed by atoms with E-state index in [1.54, 1.807) is 12.4 Å². The summed E-state index contributed by atoms with van der Waals surface area (Å²) < 4.78 is 0. The molecule has 1 aliphatic rings. The van der Waals surface area contributed by atoms with E-state index >= 15 is 0 Å². The lowest BCUT2D eigenvalue weighted by molar-refractivity contribution is 0.0718. The van der Waals surface area contributed by atoms with E-state index in [0.29, 0.717) is 18.1 Å². The van der Waals surface area contributed by atoms with Crippen molar-refractivity contribution in [2.45, 2.75) is 32.7 Å². The summed E-state index contributed by atoms with van der Waals surface area (Å²) in [7, 11) is 0. The highest BCUT2D eigenvalue weighted by molar-refractivity contribution is 5.92. The highest BCUT2D eigenvalue weighted by Gasteiger charge is 2.19. The molecule has 0 unspecified atom stereocenters. The predicted molar refractivity (Wildman–Crippen MR) is 90.3 cm³/mol. The number of rotatable bonds is 4. The van der Waals surface area contributed by atoms with Crippen molar-refractivity contribution in [3.05, 3.63) is 53.5 Å². The Morgan fingerprint density at radius 1 is 1.09 bits per heavy atom. The molecule has 0 saturated carbocycles. The predicted octanol–water partition coefficient (Wildman–Crippen LogP) is 3.02. The number of anilines is 1. The van der Waals surface area contributed by atoms with Gasteiger partial charge in [0.05, 0.1) is 12.4 Å². The third-order valence-electron chi connectivity index (χ3n) is 4.11. The van der Waals surface area contributed by atoms with Crippen LogP contribution in [0.15, 0.2) is 36.7 Å². The number of benzene rings is 1. The largest absolute Gasteiger partial charge is 0.365 e. The molecular formula is C18H22N4O. The minimum Gasteiger partial charge on any atom is -0.365 e. The molecule has 5 nitrogen and oxygen atoms in total. The van der Waals surface area contributed by atoms with E-state index in [2.05, 4.69) is 46.5 Å². The molecule has 2 heterocycles. The van der Waals surface area contributed by atoms with Crippen LogP contribution in [-0.2, 0) is 6.54 Å². The van der Waals surface area contributed by atoms with Crippen LogP contribution in [0.25, 0.3) is 0 Å². The van der Waals surface area contributed by atoms with Crippen molar-refractivity contribution in [3.63, 3.8) is 0 Å². The van der Waals surface area contributed by atoms with Crippen LogP contribution in [0.2, 0.25) is 0 Å². The highest BCUT2D eigenvalue weighted by Crippen LogP contribution is 2.12. The first-order valence-corrected chi connectivity index (χ1v) is 8.13. The first kappa shape index (κ1) is 15.5. The SMILES string of the molecule is Cc1ccc(CNc2cnc(C(=O)N3CCCCC3)cn2)cc1. The van der Waals surface area contributed by atoms with Crippen molar-refractivity contribution in [1.82, 2.24) is 14.9 Å². The molecule has 1 amide bonds. The maximum atomic E-state index is 12.3. The summed E-state index contributed by atoms with van der Waals surface area (Å²) in [6, 6.07) is 8.35. The average Bonchev–Trinajstić information content (AvgIpc) is 2.62. The Labute approximate surface area is 136 Å². The van der Waals surface area contributed by atoms with Crippen molar-refractivity contribution in [2.24, 2.45) is 0 Å². The Kier molecular flexibility index (Phi) is 4.86. The van der Waals surface area contributed by atoms with Crippen molar-refractivity contribution < 1.29 is 4.79 Å². The molecule has 3 rings (SSSR count). The van der Waals surface area contributed by atoms with E-state index in [9.17, 15) is 4.79 Å². The molecule has 0 radical (unpaired) electrons. The van der Waals surface area contributed by atoms with Gasteiger partial charge in [-0.05, 0) is 31.7 Å². The van der Waals surface area contributed by atoms with Crippen molar-refractivity contribution in [3.8, 4) is 0 Å². The molecule has 120 valence electrons. The van der Waals surface area contributed by atoms with Gasteiger partial charge in [0.1, 0.15) is 11.5 Å². The van der Waals surface area contributed by atoms with Gasteiger partial charge in [-0.1, -0.05) is 29.8 Å². The molecule has 1 N–H and O–H groups in total. The summed E-state index contributed by atoms with van der Waals surface area (Å²) in [5, 5.41) is 3.23. The zero-order valence-corrected chi connectivity index (χ0v) is 13.5. The quantitative estimate of drug-likeness (QED) is 0.943. The molecule has 23 heavy (non-hydrogen) atoms. The molecule has 2 aromatic rings. The Balaban J connectivity index is 1.58. The van der Waals surface area contributed by atoms with Crippen LogP contribution >= 0.6 is 0 Å². The lowest BCUT2D eigenvalue weighted by Crippen LogP contribution is -2.36. The lowest BCUT2D eigenvalue weighted by atomic mass is 10.1. The maximum Gasteiger partial charge on any atom is 0.274 e. The molecule has 5 heteroatoms. The highest BCUT2D eigenvalue weighted by atomic mass is 16.2. The van der Waals surface area contributed by atoms with E-state index in [-0.39, 0.29) is 5.91 Å². The molecule has 1 fully saturated rings. The first-order valence-electron chi connectivity index (χ1n) is 8.13. The van der Waals surface area contributed by atoms with Gasteiger partial charge in [-0.15, -0.1) is 0 Å². The zero-order valence-electron chi connectivity index (χ0n) is 13.5. The van der Waals surface area contributed by atoms with Gasteiger partial charge in [0.2, 0.25) is 0 Å². The van der Waals surface area contributed by atoms with Gasteiger partial charge < -0.3 is 10.2 Å². The van der Waals surface area contributed by atoms with Crippen LogP contribution in [0.5, 0.6) is 0 Å². The molecule has 1 aromatic heterocycles. The molecule has 1 aliphatic heterocycles. The van der Waals surface area contributed by atoms with E-state index in [1.807, 2.05) is 4.90 Å². The number of amides is 1. The number of likely N-dealkylation sites (tertiary alicyclic amines) is 1. The third-order valence-corrected chi connectivity index (χ3v) is 4.11. The number of nitrogens with zero attached hydrogens (tertiary/aromatic N) is 3. The van der Waals surface area contributed by atoms with Crippen LogP contribution in [0, 0.1) is 6.92 Å². The third kappa shape index (κ3) is 4.06. The van der Waals surface area contributed by atoms with Crippen LogP contribution in [0.1, 0.15) is 40.9 Å². The molecule has 0 bridgehead atoms. The van der Waals surface area contributed by atoms with Gasteiger partial charge in [-0.25, -0.2) is 9.97 Å². The Morgan fingerprint density at radius 2 is 1.83 bits per heavy atom. The average molecular weight is 310 g/mol. The summed E-state index contributed by atoms with van der Waals surface area (Å²) >= 11 is 0. The molecule has 1 aromatic carbocycles. The van der Waals surface area contributed by atoms with Crippen LogP contribution in [-0.4, -0.2) is 33.9 Å². The second kappa shape index (κ2) is 7.22. The Morgan fingerprint density at radius 3 is 2.48 bits per heavy atom. The molecule has 0 atom stereocenters. The minimum atomic E-state index is -0.0118. The number of piperidine rings is 1. The number of aromatic nitrogens is 2. The zero-order chi connectivity index (χ0) is 16.1. The monoisotopic (exact) mass is 310 g/mol. The fourth-order valence-corrected chi connectivity index (χ4v) is 2.69. The van der Waals surface area contributed by atoms with Crippen molar-refractivity contribution in [2.75, 3.05) is 18.4 Å². The first-order chi connectivity index (χ1) is 11.2. The summed E-state index contributed by atoms with van der Waals surface area (Å²) in [6.07, 6.45) is 6.56. The standard InChI is InChI=1S/C18H22N4O/c1-14-5-7-15(8-6-14)11-20-17-13-19-16(12-21-17)18(23)22-9-3-2-4-10-22/h5-8,12-13H,2-4,9-11H2,1H3,(H,20,21). The molecule has 0 spiro atoms. The summed E-state index contributed by atoms with van der Waals surface area (Å²) in [4.78, 5) is 22.8. The normalized spacial score (nSPS) is 14.6. The fraction of sp³-hybridized carbons (Fsp3) is 0.389. The molecule has 1 saturated heterocycles. The molecule has 0 aliphatic carbocycles. The second-order valence-electron chi connectivity index (χ2n) is 5.98. The fourth-order valence-electron chi connectivity index (χ4n) is 2.69.